The van der Waals surface area contributed by atoms with Gasteiger partial charge in [0, 0.05) is 18.5 Å². The van der Waals surface area contributed by atoms with Crippen molar-refractivity contribution in [1.82, 2.24) is 20.1 Å². The van der Waals surface area contributed by atoms with Crippen molar-refractivity contribution in [3.05, 3.63) is 11.6 Å². The molecule has 2 rings (SSSR count). The van der Waals surface area contributed by atoms with Gasteiger partial charge in [-0.3, -0.25) is 9.89 Å². The molecule has 1 aliphatic heterocycles. The van der Waals surface area contributed by atoms with E-state index in [0.29, 0.717) is 5.82 Å². The lowest BCUT2D eigenvalue weighted by Gasteiger charge is -2.14. The van der Waals surface area contributed by atoms with Crippen LogP contribution in [-0.4, -0.2) is 61.5 Å². The number of likely N-dealkylation sites (tertiary alicyclic amines) is 1. The minimum atomic E-state index is -0.894. The zero-order chi connectivity index (χ0) is 13.5. The average molecular weight is 254 g/mol. The Morgan fingerprint density at radius 2 is 1.89 bits per heavy atom. The van der Waals surface area contributed by atoms with Crippen molar-refractivity contribution in [3.63, 3.8) is 0 Å². The van der Waals surface area contributed by atoms with Gasteiger partial charge in [-0.05, 0) is 0 Å². The van der Waals surface area contributed by atoms with E-state index in [1.165, 1.54) is 4.90 Å². The molecule has 2 atom stereocenters. The van der Waals surface area contributed by atoms with Gasteiger partial charge >= 0.3 is 0 Å². The molecule has 0 aliphatic carbocycles. The van der Waals surface area contributed by atoms with Crippen LogP contribution in [0.1, 0.15) is 37.2 Å². The molecule has 1 aliphatic rings. The number of hydrogen-bond donors (Lipinski definition) is 3. The van der Waals surface area contributed by atoms with Crippen molar-refractivity contribution in [2.75, 3.05) is 13.1 Å². The number of H-pyrrole nitrogens is 1. The number of aliphatic hydroxyl groups excluding tert-OH is 2. The summed E-state index contributed by atoms with van der Waals surface area (Å²) in [6.07, 6.45) is -1.79. The van der Waals surface area contributed by atoms with E-state index in [1.807, 2.05) is 20.8 Å². The normalized spacial score (nSPS) is 24.6. The fourth-order valence-electron chi connectivity index (χ4n) is 1.77. The number of aliphatic hydroxyl groups is 2. The van der Waals surface area contributed by atoms with Crippen molar-refractivity contribution in [2.24, 2.45) is 0 Å². The van der Waals surface area contributed by atoms with Crippen molar-refractivity contribution in [1.29, 1.82) is 0 Å². The molecule has 1 fully saturated rings. The summed E-state index contributed by atoms with van der Waals surface area (Å²) in [4.78, 5) is 17.5. The van der Waals surface area contributed by atoms with Gasteiger partial charge in [-0.25, -0.2) is 4.98 Å². The largest absolute Gasteiger partial charge is 0.388 e. The van der Waals surface area contributed by atoms with Crippen molar-refractivity contribution in [3.8, 4) is 0 Å². The monoisotopic (exact) mass is 254 g/mol. The average Bonchev–Trinajstić information content (AvgIpc) is 2.85. The molecule has 0 radical (unpaired) electrons. The van der Waals surface area contributed by atoms with Gasteiger partial charge in [0.25, 0.3) is 5.91 Å². The van der Waals surface area contributed by atoms with E-state index in [9.17, 15) is 15.0 Å². The van der Waals surface area contributed by atoms with Crippen LogP contribution in [0, 0.1) is 0 Å². The molecule has 2 heterocycles. The highest BCUT2D eigenvalue weighted by Gasteiger charge is 2.34. The summed E-state index contributed by atoms with van der Waals surface area (Å²) in [7, 11) is 0. The number of nitrogens with one attached hydrogen (secondary N) is 1. The molecule has 1 aromatic heterocycles. The first-order chi connectivity index (χ1) is 8.29. The van der Waals surface area contributed by atoms with E-state index in [1.54, 1.807) is 0 Å². The van der Waals surface area contributed by atoms with E-state index < -0.39 is 12.2 Å². The van der Waals surface area contributed by atoms with Crippen LogP contribution in [0.15, 0.2) is 0 Å². The van der Waals surface area contributed by atoms with Crippen LogP contribution < -0.4 is 0 Å². The molecule has 1 aromatic rings. The molecular formula is C11H18N4O3. The topological polar surface area (TPSA) is 102 Å². The molecule has 1 saturated heterocycles. The quantitative estimate of drug-likeness (QED) is 0.614. The second-order valence-corrected chi connectivity index (χ2v) is 5.60. The third kappa shape index (κ3) is 2.37. The van der Waals surface area contributed by atoms with Crippen LogP contribution >= 0.6 is 0 Å². The zero-order valence-electron chi connectivity index (χ0n) is 10.7. The minimum Gasteiger partial charge on any atom is -0.388 e. The first kappa shape index (κ1) is 13.0. The molecule has 0 spiro atoms. The molecule has 7 heteroatoms. The molecule has 2 unspecified atom stereocenters. The van der Waals surface area contributed by atoms with Gasteiger partial charge in [-0.15, -0.1) is 5.10 Å². The van der Waals surface area contributed by atoms with Crippen LogP contribution in [0.3, 0.4) is 0 Å². The smallest absolute Gasteiger partial charge is 0.293 e. The summed E-state index contributed by atoms with van der Waals surface area (Å²) in [5, 5.41) is 25.4. The summed E-state index contributed by atoms with van der Waals surface area (Å²) in [6, 6.07) is 0. The Balaban J connectivity index is 2.13. The van der Waals surface area contributed by atoms with E-state index in [4.69, 9.17) is 0 Å². The van der Waals surface area contributed by atoms with Gasteiger partial charge < -0.3 is 15.1 Å². The molecule has 1 amide bonds. The van der Waals surface area contributed by atoms with Crippen LogP contribution in [0.2, 0.25) is 0 Å². The van der Waals surface area contributed by atoms with Crippen molar-refractivity contribution < 1.29 is 15.0 Å². The van der Waals surface area contributed by atoms with Crippen LogP contribution in [-0.2, 0) is 5.41 Å². The molecule has 3 N–H and O–H groups in total. The third-order valence-electron chi connectivity index (χ3n) is 2.93. The molecule has 0 saturated carbocycles. The summed E-state index contributed by atoms with van der Waals surface area (Å²) in [5.74, 6) is 0.324. The predicted octanol–water partition coefficient (Wildman–Crippen LogP) is -0.720. The Morgan fingerprint density at radius 1 is 1.33 bits per heavy atom. The Hall–Kier alpha value is -1.47. The van der Waals surface area contributed by atoms with E-state index in [2.05, 4.69) is 15.2 Å². The van der Waals surface area contributed by atoms with Crippen molar-refractivity contribution in [2.45, 2.75) is 38.4 Å². The van der Waals surface area contributed by atoms with Crippen molar-refractivity contribution >= 4 is 5.91 Å². The van der Waals surface area contributed by atoms with Gasteiger partial charge in [0.2, 0.25) is 5.82 Å². The number of rotatable bonds is 1. The van der Waals surface area contributed by atoms with E-state index >= 15 is 0 Å². The Kier molecular flexibility index (Phi) is 3.12. The molecule has 7 nitrogen and oxygen atoms in total. The number of nitrogens with zero attached hydrogens (tertiary/aromatic N) is 3. The lowest BCUT2D eigenvalue weighted by molar-refractivity contribution is 0.0572. The van der Waals surface area contributed by atoms with Gasteiger partial charge in [-0.2, -0.15) is 0 Å². The highest BCUT2D eigenvalue weighted by atomic mass is 16.3. The fraction of sp³-hybridized carbons (Fsp3) is 0.727. The summed E-state index contributed by atoms with van der Waals surface area (Å²) in [5.41, 5.74) is -0.213. The third-order valence-corrected chi connectivity index (χ3v) is 2.93. The number of hydrogen-bond acceptors (Lipinski definition) is 5. The van der Waals surface area contributed by atoms with Gasteiger partial charge in [0.1, 0.15) is 5.82 Å². The first-order valence-electron chi connectivity index (χ1n) is 5.87. The Morgan fingerprint density at radius 3 is 2.33 bits per heavy atom. The number of carbonyl (C=O) groups is 1. The highest BCUT2D eigenvalue weighted by Crippen LogP contribution is 2.18. The number of β-amino-alcohol motifs (C(OH)–C–C–N with tert-alkyl or cyclic N) is 2. The molecule has 18 heavy (non-hydrogen) atoms. The molecule has 100 valence electrons. The maximum atomic E-state index is 12.0. The zero-order valence-corrected chi connectivity index (χ0v) is 10.7. The Labute approximate surface area is 105 Å². The second-order valence-electron chi connectivity index (χ2n) is 5.60. The van der Waals surface area contributed by atoms with Crippen LogP contribution in [0.5, 0.6) is 0 Å². The summed E-state index contributed by atoms with van der Waals surface area (Å²) >= 11 is 0. The van der Waals surface area contributed by atoms with Gasteiger partial charge in [-0.1, -0.05) is 20.8 Å². The molecule has 0 aromatic carbocycles. The number of carbonyl (C=O) groups excluding carboxylic acids is 1. The SMILES string of the molecule is CC(C)(C)c1nc(C(=O)N2CC(O)C(O)C2)n[nH]1. The predicted molar refractivity (Wildman–Crippen MR) is 63.0 cm³/mol. The minimum absolute atomic E-state index is 0.0706. The molecular weight excluding hydrogens is 236 g/mol. The van der Waals surface area contributed by atoms with Crippen LogP contribution in [0.25, 0.3) is 0 Å². The summed E-state index contributed by atoms with van der Waals surface area (Å²) < 4.78 is 0. The number of amides is 1. The second kappa shape index (κ2) is 4.33. The first-order valence-corrected chi connectivity index (χ1v) is 5.87. The van der Waals surface area contributed by atoms with E-state index in [0.717, 1.165) is 0 Å². The highest BCUT2D eigenvalue weighted by molar-refractivity contribution is 5.90. The maximum absolute atomic E-state index is 12.0. The lowest BCUT2D eigenvalue weighted by Crippen LogP contribution is -2.30. The summed E-state index contributed by atoms with van der Waals surface area (Å²) in [6.45, 7) is 6.11. The van der Waals surface area contributed by atoms with Gasteiger partial charge in [0.15, 0.2) is 0 Å². The molecule has 0 bridgehead atoms. The number of aromatic amines is 1. The van der Waals surface area contributed by atoms with E-state index in [-0.39, 0.29) is 30.2 Å². The van der Waals surface area contributed by atoms with Crippen LogP contribution in [0.4, 0.5) is 0 Å². The number of aromatic nitrogens is 3. The fourth-order valence-corrected chi connectivity index (χ4v) is 1.77. The lowest BCUT2D eigenvalue weighted by atomic mass is 9.96. The standard InChI is InChI=1S/C11H18N4O3/c1-11(2,3)10-12-8(13-14-10)9(18)15-4-6(16)7(17)5-15/h6-7,16-17H,4-5H2,1-3H3,(H,12,13,14). The Bertz CT molecular complexity index is 441. The maximum Gasteiger partial charge on any atom is 0.293 e. The van der Waals surface area contributed by atoms with Gasteiger partial charge in [0.05, 0.1) is 12.2 Å².